The number of aromatic amines is 2. The van der Waals surface area contributed by atoms with Crippen molar-refractivity contribution in [2.24, 2.45) is 0 Å². The van der Waals surface area contributed by atoms with Crippen molar-refractivity contribution in [3.05, 3.63) is 85.6 Å². The van der Waals surface area contributed by atoms with E-state index in [1.807, 2.05) is 0 Å². The lowest BCUT2D eigenvalue weighted by molar-refractivity contribution is 0.373. The zero-order chi connectivity index (χ0) is 24.8. The molecule has 0 aliphatic rings. The van der Waals surface area contributed by atoms with Gasteiger partial charge in [0.2, 0.25) is 0 Å². The Hall–Kier alpha value is -2.86. The van der Waals surface area contributed by atoms with Crippen molar-refractivity contribution < 1.29 is 22.8 Å². The van der Waals surface area contributed by atoms with Crippen LogP contribution in [0.15, 0.2) is 69.2 Å². The number of hydrogen-bond acceptors (Lipinski definition) is 5. The topological polar surface area (TPSA) is 166 Å². The van der Waals surface area contributed by atoms with E-state index in [1.165, 1.54) is 41.1 Å². The Morgan fingerprint density at radius 3 is 2.26 bits per heavy atom. The first kappa shape index (κ1) is 24.3. The van der Waals surface area contributed by atoms with Gasteiger partial charge in [0.15, 0.2) is 0 Å². The highest BCUT2D eigenvalue weighted by Gasteiger charge is 2.32. The van der Waals surface area contributed by atoms with Gasteiger partial charge in [0.25, 0.3) is 15.6 Å². The second-order valence-electron chi connectivity index (χ2n) is 7.17. The van der Waals surface area contributed by atoms with Crippen LogP contribution in [0.1, 0.15) is 0 Å². The van der Waals surface area contributed by atoms with Crippen molar-refractivity contribution in [1.82, 2.24) is 14.5 Å². The van der Waals surface area contributed by atoms with Crippen molar-refractivity contribution in [2.45, 2.75) is 4.90 Å². The Morgan fingerprint density at radius 1 is 0.971 bits per heavy atom. The predicted molar refractivity (Wildman–Crippen MR) is 128 cm³/mol. The van der Waals surface area contributed by atoms with Crippen LogP contribution in [0.4, 0.5) is 5.69 Å². The van der Waals surface area contributed by atoms with Crippen LogP contribution in [-0.4, -0.2) is 39.0 Å². The molecule has 2 aromatic carbocycles. The van der Waals surface area contributed by atoms with Gasteiger partial charge in [0.1, 0.15) is 12.1 Å². The average molecular weight is 545 g/mol. The van der Waals surface area contributed by atoms with Gasteiger partial charge in [-0.3, -0.25) is 23.6 Å². The zero-order valence-electron chi connectivity index (χ0n) is 16.8. The average Bonchev–Trinajstić information content (AvgIpc) is 3.13. The SMILES string of the molecule is O=c1cc(-n2ccc3cc(N(CP(=O)(O)O)S(=O)(=O)c4cc(Cl)cc(Cl)c4)ccc32)[nH]c(=O)[nH]1. The Labute approximate surface area is 201 Å². The molecular formula is C19H15Cl2N4O7PS. The summed E-state index contributed by atoms with van der Waals surface area (Å²) in [5.74, 6) is 0.171. The molecule has 0 atom stereocenters. The monoisotopic (exact) mass is 544 g/mol. The Kier molecular flexibility index (Phi) is 6.23. The van der Waals surface area contributed by atoms with Crippen molar-refractivity contribution in [1.29, 1.82) is 0 Å². The lowest BCUT2D eigenvalue weighted by Crippen LogP contribution is -2.32. The quantitative estimate of drug-likeness (QED) is 0.271. The van der Waals surface area contributed by atoms with E-state index in [2.05, 4.69) is 9.97 Å². The van der Waals surface area contributed by atoms with Crippen LogP contribution in [-0.2, 0) is 14.6 Å². The van der Waals surface area contributed by atoms with Gasteiger partial charge in [-0.15, -0.1) is 0 Å². The van der Waals surface area contributed by atoms with E-state index < -0.39 is 35.2 Å². The highest BCUT2D eigenvalue weighted by atomic mass is 35.5. The molecule has 4 N–H and O–H groups in total. The van der Waals surface area contributed by atoms with Crippen LogP contribution < -0.4 is 15.6 Å². The predicted octanol–water partition coefficient (Wildman–Crippen LogP) is 2.64. The molecule has 0 aliphatic carbocycles. The van der Waals surface area contributed by atoms with Gasteiger partial charge in [-0.25, -0.2) is 13.2 Å². The molecule has 34 heavy (non-hydrogen) atoms. The van der Waals surface area contributed by atoms with E-state index in [9.17, 15) is 32.4 Å². The number of H-pyrrole nitrogens is 2. The number of halogens is 2. The number of anilines is 1. The number of benzene rings is 2. The fourth-order valence-corrected chi connectivity index (χ4v) is 6.76. The van der Waals surface area contributed by atoms with E-state index >= 15 is 0 Å². The van der Waals surface area contributed by atoms with Crippen LogP contribution in [0.5, 0.6) is 0 Å². The molecule has 0 aliphatic heterocycles. The number of aromatic nitrogens is 3. The smallest absolute Gasteiger partial charge is 0.323 e. The summed E-state index contributed by atoms with van der Waals surface area (Å²) in [7, 11) is -9.33. The van der Waals surface area contributed by atoms with Crippen molar-refractivity contribution in [3.8, 4) is 5.82 Å². The molecule has 2 aromatic heterocycles. The number of hydrogen-bond donors (Lipinski definition) is 4. The third-order valence-corrected chi connectivity index (χ3v) is 7.73. The minimum absolute atomic E-state index is 0.0292. The molecular weight excluding hydrogens is 530 g/mol. The molecule has 0 unspecified atom stereocenters. The van der Waals surface area contributed by atoms with Gasteiger partial charge in [0, 0.05) is 27.7 Å². The number of nitrogens with zero attached hydrogens (tertiary/aromatic N) is 2. The van der Waals surface area contributed by atoms with E-state index in [1.54, 1.807) is 6.07 Å². The molecule has 0 saturated carbocycles. The first-order valence-corrected chi connectivity index (χ1v) is 13.3. The normalized spacial score (nSPS) is 12.2. The van der Waals surface area contributed by atoms with Crippen LogP contribution in [0.2, 0.25) is 10.0 Å². The highest BCUT2D eigenvalue weighted by Crippen LogP contribution is 2.40. The van der Waals surface area contributed by atoms with E-state index in [0.717, 1.165) is 12.1 Å². The van der Waals surface area contributed by atoms with Gasteiger partial charge >= 0.3 is 13.3 Å². The highest BCUT2D eigenvalue weighted by molar-refractivity contribution is 7.93. The van der Waals surface area contributed by atoms with Crippen LogP contribution in [0.25, 0.3) is 16.7 Å². The summed E-state index contributed by atoms with van der Waals surface area (Å²) in [6.45, 7) is 0. The summed E-state index contributed by atoms with van der Waals surface area (Å²) in [4.78, 5) is 46.6. The molecule has 0 saturated heterocycles. The van der Waals surface area contributed by atoms with Gasteiger partial charge in [-0.2, -0.15) is 0 Å². The maximum absolute atomic E-state index is 13.3. The van der Waals surface area contributed by atoms with E-state index in [-0.39, 0.29) is 26.4 Å². The molecule has 0 bridgehead atoms. The fourth-order valence-electron chi connectivity index (χ4n) is 3.35. The largest absolute Gasteiger partial charge is 0.345 e. The number of fused-ring (bicyclic) bond motifs is 1. The molecule has 4 aromatic rings. The Bertz CT molecular complexity index is 1640. The maximum Gasteiger partial charge on any atom is 0.345 e. The molecule has 2 heterocycles. The molecule has 4 rings (SSSR count). The molecule has 0 fully saturated rings. The first-order valence-electron chi connectivity index (χ1n) is 9.32. The first-order chi connectivity index (χ1) is 15.8. The second-order valence-corrected chi connectivity index (χ2v) is 11.5. The molecule has 178 valence electrons. The fraction of sp³-hybridized carbons (Fsp3) is 0.0526. The van der Waals surface area contributed by atoms with Crippen LogP contribution >= 0.6 is 30.8 Å². The minimum Gasteiger partial charge on any atom is -0.323 e. The van der Waals surface area contributed by atoms with Crippen LogP contribution in [0, 0.1) is 0 Å². The van der Waals surface area contributed by atoms with Crippen molar-refractivity contribution in [2.75, 3.05) is 10.6 Å². The molecule has 0 amide bonds. The Morgan fingerprint density at radius 2 is 1.65 bits per heavy atom. The summed E-state index contributed by atoms with van der Waals surface area (Å²) in [5, 5.41) is 0.525. The van der Waals surface area contributed by atoms with Gasteiger partial charge < -0.3 is 14.4 Å². The number of sulfonamides is 1. The summed E-state index contributed by atoms with van der Waals surface area (Å²) in [6, 6.07) is 10.5. The second kappa shape index (κ2) is 8.73. The van der Waals surface area contributed by atoms with Gasteiger partial charge in [0.05, 0.1) is 16.1 Å². The van der Waals surface area contributed by atoms with Crippen LogP contribution in [0.3, 0.4) is 0 Å². The summed E-state index contributed by atoms with van der Waals surface area (Å²) >= 11 is 11.9. The summed E-state index contributed by atoms with van der Waals surface area (Å²) in [6.07, 6.45) is 0.408. The van der Waals surface area contributed by atoms with Crippen molar-refractivity contribution >= 4 is 57.4 Å². The Balaban J connectivity index is 1.86. The number of rotatable bonds is 6. The lowest BCUT2D eigenvalue weighted by Gasteiger charge is -2.25. The standard InChI is InChI=1S/C19H15Cl2N4O7PS/c20-12-6-13(21)8-15(7-12)34(31,32)25(10-33(28,29)30)14-1-2-16-11(5-14)3-4-24(16)17-9-18(26)23-19(27)22-17/h1-9H,10H2,(H2,28,29,30)(H2,22,23,26,27). The zero-order valence-corrected chi connectivity index (χ0v) is 20.1. The molecule has 0 spiro atoms. The molecule has 0 radical (unpaired) electrons. The summed E-state index contributed by atoms with van der Waals surface area (Å²) in [5.41, 5.74) is -0.871. The number of nitrogens with one attached hydrogen (secondary N) is 2. The third kappa shape index (κ3) is 4.97. The van der Waals surface area contributed by atoms with Crippen molar-refractivity contribution in [3.63, 3.8) is 0 Å². The summed E-state index contributed by atoms with van der Waals surface area (Å²) < 4.78 is 40.5. The lowest BCUT2D eigenvalue weighted by atomic mass is 10.2. The van der Waals surface area contributed by atoms with E-state index in [4.69, 9.17) is 23.2 Å². The minimum atomic E-state index is -4.84. The van der Waals surface area contributed by atoms with Gasteiger partial charge in [-0.1, -0.05) is 23.2 Å². The molecule has 15 heteroatoms. The van der Waals surface area contributed by atoms with E-state index in [0.29, 0.717) is 15.2 Å². The third-order valence-electron chi connectivity index (χ3n) is 4.70. The molecule has 11 nitrogen and oxygen atoms in total. The van der Waals surface area contributed by atoms with Gasteiger partial charge in [-0.05, 0) is 42.5 Å². The maximum atomic E-state index is 13.3.